The van der Waals surface area contributed by atoms with Crippen LogP contribution in [0.4, 0.5) is 0 Å². The third kappa shape index (κ3) is 2.08. The van der Waals surface area contributed by atoms with Crippen molar-refractivity contribution >= 4 is 17.2 Å². The van der Waals surface area contributed by atoms with Gasteiger partial charge in [0, 0.05) is 24.0 Å². The number of hydrogen-bond acceptors (Lipinski definition) is 3. The molecule has 2 aliphatic rings. The fraction of sp³-hybridized carbons (Fsp3) is 0.643. The number of nitrogens with zero attached hydrogens (tertiary/aromatic N) is 2. The molecule has 18 heavy (non-hydrogen) atoms. The van der Waals surface area contributed by atoms with Crippen molar-refractivity contribution < 1.29 is 4.79 Å². The van der Waals surface area contributed by atoms with Crippen molar-refractivity contribution in [2.75, 3.05) is 20.1 Å². The maximum Gasteiger partial charge on any atom is 0.255 e. The molecule has 3 nitrogen and oxygen atoms in total. The Bertz CT molecular complexity index is 417. The molecule has 1 aromatic heterocycles. The van der Waals surface area contributed by atoms with Crippen molar-refractivity contribution in [1.82, 2.24) is 9.80 Å². The minimum atomic E-state index is 0.235. The SMILES string of the molecule is CN1CCCC1C1CCCN1C(=O)c1ccsc1. The number of thiophene rings is 1. The molecule has 0 radical (unpaired) electrons. The predicted octanol–water partition coefficient (Wildman–Crippen LogP) is 2.45. The monoisotopic (exact) mass is 264 g/mol. The largest absolute Gasteiger partial charge is 0.334 e. The van der Waals surface area contributed by atoms with Crippen molar-refractivity contribution in [2.45, 2.75) is 37.8 Å². The maximum absolute atomic E-state index is 12.5. The van der Waals surface area contributed by atoms with Crippen molar-refractivity contribution in [3.05, 3.63) is 22.4 Å². The van der Waals surface area contributed by atoms with Gasteiger partial charge in [0.25, 0.3) is 5.91 Å². The van der Waals surface area contributed by atoms with E-state index in [1.807, 2.05) is 16.8 Å². The molecule has 1 aromatic rings. The van der Waals surface area contributed by atoms with Gasteiger partial charge in [0.05, 0.1) is 5.56 Å². The summed E-state index contributed by atoms with van der Waals surface area (Å²) < 4.78 is 0. The van der Waals surface area contributed by atoms with E-state index in [0.717, 1.165) is 18.5 Å². The van der Waals surface area contributed by atoms with Crippen LogP contribution in [0, 0.1) is 0 Å². The van der Waals surface area contributed by atoms with Crippen LogP contribution in [0.1, 0.15) is 36.0 Å². The minimum Gasteiger partial charge on any atom is -0.334 e. The molecule has 0 saturated carbocycles. The molecule has 3 heterocycles. The smallest absolute Gasteiger partial charge is 0.255 e. The normalized spacial score (nSPS) is 29.1. The van der Waals surface area contributed by atoms with Crippen LogP contribution in [0.15, 0.2) is 16.8 Å². The Morgan fingerprint density at radius 3 is 2.72 bits per heavy atom. The zero-order valence-electron chi connectivity index (χ0n) is 10.8. The molecule has 98 valence electrons. The Labute approximate surface area is 112 Å². The van der Waals surface area contributed by atoms with Crippen LogP contribution in [0.25, 0.3) is 0 Å². The number of carbonyl (C=O) groups is 1. The van der Waals surface area contributed by atoms with Gasteiger partial charge in [0.1, 0.15) is 0 Å². The highest BCUT2D eigenvalue weighted by Crippen LogP contribution is 2.30. The fourth-order valence-electron chi connectivity index (χ4n) is 3.42. The van der Waals surface area contributed by atoms with Crippen molar-refractivity contribution in [3.63, 3.8) is 0 Å². The summed E-state index contributed by atoms with van der Waals surface area (Å²) >= 11 is 1.60. The summed E-state index contributed by atoms with van der Waals surface area (Å²) in [6.45, 7) is 2.12. The third-order valence-electron chi connectivity index (χ3n) is 4.35. The summed E-state index contributed by atoms with van der Waals surface area (Å²) in [6.07, 6.45) is 4.85. The Balaban J connectivity index is 1.77. The summed E-state index contributed by atoms with van der Waals surface area (Å²) in [5.74, 6) is 0.235. The van der Waals surface area contributed by atoms with E-state index in [0.29, 0.717) is 12.1 Å². The second kappa shape index (κ2) is 5.02. The van der Waals surface area contributed by atoms with Crippen LogP contribution in [0.2, 0.25) is 0 Å². The van der Waals surface area contributed by atoms with Crippen LogP contribution >= 0.6 is 11.3 Å². The number of hydrogen-bond donors (Lipinski definition) is 0. The van der Waals surface area contributed by atoms with Crippen LogP contribution in [-0.4, -0.2) is 47.9 Å². The van der Waals surface area contributed by atoms with Crippen molar-refractivity contribution in [3.8, 4) is 0 Å². The van der Waals surface area contributed by atoms with E-state index in [9.17, 15) is 4.79 Å². The number of likely N-dealkylation sites (tertiary alicyclic amines) is 2. The van der Waals surface area contributed by atoms with Gasteiger partial charge in [-0.05, 0) is 50.7 Å². The summed E-state index contributed by atoms with van der Waals surface area (Å²) in [5, 5.41) is 3.95. The van der Waals surface area contributed by atoms with Crippen LogP contribution in [0.5, 0.6) is 0 Å². The molecular weight excluding hydrogens is 244 g/mol. The lowest BCUT2D eigenvalue weighted by molar-refractivity contribution is 0.0665. The van der Waals surface area contributed by atoms with Gasteiger partial charge >= 0.3 is 0 Å². The van der Waals surface area contributed by atoms with Gasteiger partial charge in [-0.2, -0.15) is 11.3 Å². The van der Waals surface area contributed by atoms with Gasteiger partial charge in [-0.25, -0.2) is 0 Å². The van der Waals surface area contributed by atoms with E-state index in [1.165, 1.54) is 25.8 Å². The van der Waals surface area contributed by atoms with Gasteiger partial charge in [0.15, 0.2) is 0 Å². The van der Waals surface area contributed by atoms with Crippen LogP contribution in [-0.2, 0) is 0 Å². The van der Waals surface area contributed by atoms with Gasteiger partial charge in [0.2, 0.25) is 0 Å². The summed E-state index contributed by atoms with van der Waals surface area (Å²) in [7, 11) is 2.20. The number of likely N-dealkylation sites (N-methyl/N-ethyl adjacent to an activating group) is 1. The Morgan fingerprint density at radius 2 is 2.06 bits per heavy atom. The van der Waals surface area contributed by atoms with Crippen LogP contribution in [0.3, 0.4) is 0 Å². The fourth-order valence-corrected chi connectivity index (χ4v) is 4.05. The molecular formula is C14H20N2OS. The van der Waals surface area contributed by atoms with E-state index in [4.69, 9.17) is 0 Å². The molecule has 0 spiro atoms. The molecule has 0 aliphatic carbocycles. The molecule has 2 fully saturated rings. The number of rotatable bonds is 2. The number of amides is 1. The van der Waals surface area contributed by atoms with Crippen LogP contribution < -0.4 is 0 Å². The second-order valence-corrected chi connectivity index (χ2v) is 6.19. The first-order valence-corrected chi connectivity index (χ1v) is 7.75. The maximum atomic E-state index is 12.5. The van der Waals surface area contributed by atoms with E-state index >= 15 is 0 Å². The van der Waals surface area contributed by atoms with E-state index < -0.39 is 0 Å². The van der Waals surface area contributed by atoms with E-state index in [-0.39, 0.29) is 5.91 Å². The van der Waals surface area contributed by atoms with Gasteiger partial charge < -0.3 is 9.80 Å². The zero-order chi connectivity index (χ0) is 12.5. The van der Waals surface area contributed by atoms with Crippen molar-refractivity contribution in [2.24, 2.45) is 0 Å². The summed E-state index contributed by atoms with van der Waals surface area (Å²) in [6, 6.07) is 2.96. The molecule has 2 atom stereocenters. The average molecular weight is 264 g/mol. The predicted molar refractivity (Wildman–Crippen MR) is 74.0 cm³/mol. The molecule has 2 aliphatic heterocycles. The Morgan fingerprint density at radius 1 is 1.28 bits per heavy atom. The first-order chi connectivity index (χ1) is 8.77. The third-order valence-corrected chi connectivity index (χ3v) is 5.03. The highest BCUT2D eigenvalue weighted by atomic mass is 32.1. The minimum absolute atomic E-state index is 0.235. The van der Waals surface area contributed by atoms with Gasteiger partial charge in [-0.15, -0.1) is 0 Å². The van der Waals surface area contributed by atoms with Gasteiger partial charge in [-0.3, -0.25) is 4.79 Å². The molecule has 4 heteroatoms. The average Bonchev–Trinajstić information content (AvgIpc) is 3.09. The second-order valence-electron chi connectivity index (χ2n) is 5.41. The lowest BCUT2D eigenvalue weighted by atomic mass is 10.0. The lowest BCUT2D eigenvalue weighted by Crippen LogP contribution is -2.47. The number of carbonyl (C=O) groups excluding carboxylic acids is 1. The highest BCUT2D eigenvalue weighted by molar-refractivity contribution is 7.08. The zero-order valence-corrected chi connectivity index (χ0v) is 11.7. The van der Waals surface area contributed by atoms with Gasteiger partial charge in [-0.1, -0.05) is 0 Å². The first-order valence-electron chi connectivity index (χ1n) is 6.81. The molecule has 3 rings (SSSR count). The molecule has 0 bridgehead atoms. The Kier molecular flexibility index (Phi) is 3.39. The quantitative estimate of drug-likeness (QED) is 0.819. The van der Waals surface area contributed by atoms with E-state index in [2.05, 4.69) is 16.8 Å². The first kappa shape index (κ1) is 12.2. The highest BCUT2D eigenvalue weighted by Gasteiger charge is 2.38. The molecule has 0 N–H and O–H groups in total. The standard InChI is InChI=1S/C14H20N2OS/c1-15-7-2-4-12(15)13-5-3-8-16(13)14(17)11-6-9-18-10-11/h6,9-10,12-13H,2-5,7-8H2,1H3. The summed E-state index contributed by atoms with van der Waals surface area (Å²) in [4.78, 5) is 17.0. The molecule has 0 aromatic carbocycles. The summed E-state index contributed by atoms with van der Waals surface area (Å²) in [5.41, 5.74) is 0.868. The lowest BCUT2D eigenvalue weighted by Gasteiger charge is -2.33. The molecule has 2 unspecified atom stereocenters. The molecule has 1 amide bonds. The van der Waals surface area contributed by atoms with E-state index in [1.54, 1.807) is 11.3 Å². The van der Waals surface area contributed by atoms with Crippen molar-refractivity contribution in [1.29, 1.82) is 0 Å². The Hall–Kier alpha value is -0.870. The topological polar surface area (TPSA) is 23.6 Å². The molecule has 2 saturated heterocycles.